The van der Waals surface area contributed by atoms with Crippen LogP contribution in [0, 0.1) is 0 Å². The van der Waals surface area contributed by atoms with Gasteiger partial charge < -0.3 is 4.74 Å². The van der Waals surface area contributed by atoms with Gasteiger partial charge in [0.15, 0.2) is 0 Å². The average molecular weight is 221 g/mol. The highest BCUT2D eigenvalue weighted by atomic mass is 32.2. The van der Waals surface area contributed by atoms with E-state index in [2.05, 4.69) is 0 Å². The number of hydrogen-bond donors (Lipinski definition) is 0. The van der Waals surface area contributed by atoms with E-state index in [9.17, 15) is 4.79 Å². The van der Waals surface area contributed by atoms with Gasteiger partial charge in [0.05, 0.1) is 0 Å². The summed E-state index contributed by atoms with van der Waals surface area (Å²) in [5, 5.41) is 0. The summed E-state index contributed by atoms with van der Waals surface area (Å²) < 4.78 is 6.63. The first-order valence-electron chi connectivity index (χ1n) is 4.66. The second kappa shape index (κ2) is 4.89. The van der Waals surface area contributed by atoms with E-state index >= 15 is 0 Å². The molecule has 0 aromatic heterocycles. The topological polar surface area (TPSA) is 29.5 Å². The van der Waals surface area contributed by atoms with E-state index in [0.717, 1.165) is 11.3 Å². The molecule has 0 radical (unpaired) electrons. The van der Waals surface area contributed by atoms with Gasteiger partial charge in [0.1, 0.15) is 6.61 Å². The minimum atomic E-state index is -0.308. The highest BCUT2D eigenvalue weighted by Crippen LogP contribution is 2.19. The minimum Gasteiger partial charge on any atom is -0.444 e. The van der Waals surface area contributed by atoms with Crippen molar-refractivity contribution in [2.45, 2.75) is 6.61 Å². The zero-order chi connectivity index (χ0) is 10.5. The molecule has 0 N–H and O–H groups in total. The molecule has 1 aromatic carbocycles. The van der Waals surface area contributed by atoms with Crippen LogP contribution in [0.2, 0.25) is 0 Å². The van der Waals surface area contributed by atoms with Crippen molar-refractivity contribution in [2.24, 2.45) is 0 Å². The molecule has 0 spiro atoms. The van der Waals surface area contributed by atoms with Crippen LogP contribution in [-0.4, -0.2) is 16.2 Å². The minimum absolute atomic E-state index is 0.308. The van der Waals surface area contributed by atoms with E-state index < -0.39 is 0 Å². The molecule has 15 heavy (non-hydrogen) atoms. The third-order valence-corrected chi connectivity index (χ3v) is 2.83. The van der Waals surface area contributed by atoms with E-state index in [1.807, 2.05) is 36.4 Å². The summed E-state index contributed by atoms with van der Waals surface area (Å²) in [4.78, 5) is 11.5. The Bertz CT molecular complexity index is 364. The van der Waals surface area contributed by atoms with Crippen LogP contribution in [-0.2, 0) is 11.3 Å². The number of benzene rings is 1. The Morgan fingerprint density at radius 1 is 1.40 bits per heavy atom. The first-order valence-corrected chi connectivity index (χ1v) is 5.60. The number of carbonyl (C=O) groups excluding carboxylic acids is 1. The Morgan fingerprint density at radius 2 is 2.20 bits per heavy atom. The van der Waals surface area contributed by atoms with Crippen molar-refractivity contribution in [1.82, 2.24) is 4.31 Å². The molecule has 4 heteroatoms. The van der Waals surface area contributed by atoms with Gasteiger partial charge in [-0.15, -0.1) is 0 Å². The SMILES string of the molecule is O=C(OCc1ccccc1)N1C=CCS1. The largest absolute Gasteiger partial charge is 0.444 e. The Balaban J connectivity index is 1.83. The van der Waals surface area contributed by atoms with E-state index in [0.29, 0.717) is 6.61 Å². The van der Waals surface area contributed by atoms with E-state index in [-0.39, 0.29) is 6.09 Å². The first kappa shape index (κ1) is 10.1. The number of amides is 1. The molecule has 2 rings (SSSR count). The molecule has 0 unspecified atom stereocenters. The lowest BCUT2D eigenvalue weighted by atomic mass is 10.2. The van der Waals surface area contributed by atoms with E-state index in [1.54, 1.807) is 6.20 Å². The summed E-state index contributed by atoms with van der Waals surface area (Å²) >= 11 is 1.43. The quantitative estimate of drug-likeness (QED) is 0.719. The molecular formula is C11H11NO2S. The van der Waals surface area contributed by atoms with Crippen molar-refractivity contribution in [3.05, 3.63) is 48.2 Å². The lowest BCUT2D eigenvalue weighted by Gasteiger charge is -2.11. The maximum Gasteiger partial charge on any atom is 0.424 e. The molecule has 1 aliphatic heterocycles. The Labute approximate surface area is 92.9 Å². The second-order valence-corrected chi connectivity index (χ2v) is 4.03. The van der Waals surface area contributed by atoms with E-state index in [4.69, 9.17) is 4.74 Å². The molecule has 0 fully saturated rings. The summed E-state index contributed by atoms with van der Waals surface area (Å²) in [6.45, 7) is 0.324. The molecule has 3 nitrogen and oxygen atoms in total. The third kappa shape index (κ3) is 2.76. The summed E-state index contributed by atoms with van der Waals surface area (Å²) in [5.41, 5.74) is 0.999. The lowest BCUT2D eigenvalue weighted by Crippen LogP contribution is -2.17. The van der Waals surface area contributed by atoms with Gasteiger partial charge in [0.25, 0.3) is 0 Å². The third-order valence-electron chi connectivity index (χ3n) is 1.94. The molecule has 0 atom stereocenters. The van der Waals surface area contributed by atoms with Gasteiger partial charge in [0, 0.05) is 12.0 Å². The zero-order valence-electron chi connectivity index (χ0n) is 8.13. The van der Waals surface area contributed by atoms with Crippen LogP contribution in [0.5, 0.6) is 0 Å². The number of ether oxygens (including phenoxy) is 1. The van der Waals surface area contributed by atoms with E-state index in [1.165, 1.54) is 16.3 Å². The van der Waals surface area contributed by atoms with Crippen molar-refractivity contribution in [3.8, 4) is 0 Å². The molecule has 1 aliphatic rings. The van der Waals surface area contributed by atoms with Gasteiger partial charge in [-0.2, -0.15) is 0 Å². The number of nitrogens with zero attached hydrogens (tertiary/aromatic N) is 1. The highest BCUT2D eigenvalue weighted by molar-refractivity contribution is 7.97. The fourth-order valence-corrected chi connectivity index (χ4v) is 1.86. The fourth-order valence-electron chi connectivity index (χ4n) is 1.20. The number of carbonyl (C=O) groups is 1. The second-order valence-electron chi connectivity index (χ2n) is 3.05. The number of rotatable bonds is 2. The van der Waals surface area contributed by atoms with Crippen molar-refractivity contribution in [3.63, 3.8) is 0 Å². The Kier molecular flexibility index (Phi) is 3.29. The van der Waals surface area contributed by atoms with Gasteiger partial charge in [-0.25, -0.2) is 9.10 Å². The van der Waals surface area contributed by atoms with Gasteiger partial charge >= 0.3 is 6.09 Å². The lowest BCUT2D eigenvalue weighted by molar-refractivity contribution is 0.129. The van der Waals surface area contributed by atoms with Gasteiger partial charge in [0.2, 0.25) is 0 Å². The first-order chi connectivity index (χ1) is 7.36. The zero-order valence-corrected chi connectivity index (χ0v) is 8.94. The van der Waals surface area contributed by atoms with Crippen molar-refractivity contribution in [1.29, 1.82) is 0 Å². The molecule has 0 bridgehead atoms. The highest BCUT2D eigenvalue weighted by Gasteiger charge is 2.15. The van der Waals surface area contributed by atoms with Crippen LogP contribution in [0.1, 0.15) is 5.56 Å². The predicted octanol–water partition coefficient (Wildman–Crippen LogP) is 2.80. The monoisotopic (exact) mass is 221 g/mol. The smallest absolute Gasteiger partial charge is 0.424 e. The summed E-state index contributed by atoms with van der Waals surface area (Å²) in [6, 6.07) is 9.65. The fraction of sp³-hybridized carbons (Fsp3) is 0.182. The summed E-state index contributed by atoms with van der Waals surface area (Å²) in [5.74, 6) is 0.834. The standard InChI is InChI=1S/C11H11NO2S/c13-11(12-7-4-8-15-12)14-9-10-5-2-1-3-6-10/h1-7H,8-9H2. The van der Waals surface area contributed by atoms with Gasteiger partial charge in [-0.05, 0) is 17.5 Å². The van der Waals surface area contributed by atoms with Gasteiger partial charge in [-0.3, -0.25) is 0 Å². The predicted molar refractivity (Wildman–Crippen MR) is 60.1 cm³/mol. The summed E-state index contributed by atoms with van der Waals surface area (Å²) in [7, 11) is 0. The maximum atomic E-state index is 11.5. The summed E-state index contributed by atoms with van der Waals surface area (Å²) in [6.07, 6.45) is 3.35. The molecule has 78 valence electrons. The average Bonchev–Trinajstić information content (AvgIpc) is 2.81. The molecule has 0 saturated heterocycles. The number of hydrogen-bond acceptors (Lipinski definition) is 3. The molecule has 0 aliphatic carbocycles. The Hall–Kier alpha value is -1.42. The van der Waals surface area contributed by atoms with Gasteiger partial charge in [-0.1, -0.05) is 36.4 Å². The van der Waals surface area contributed by atoms with Crippen LogP contribution in [0.15, 0.2) is 42.6 Å². The van der Waals surface area contributed by atoms with Crippen LogP contribution in [0.3, 0.4) is 0 Å². The van der Waals surface area contributed by atoms with Crippen LogP contribution in [0.25, 0.3) is 0 Å². The Morgan fingerprint density at radius 3 is 2.87 bits per heavy atom. The molecule has 1 heterocycles. The normalized spacial score (nSPS) is 14.3. The molecular weight excluding hydrogens is 210 g/mol. The van der Waals surface area contributed by atoms with Crippen molar-refractivity contribution >= 4 is 18.0 Å². The van der Waals surface area contributed by atoms with Crippen molar-refractivity contribution < 1.29 is 9.53 Å². The van der Waals surface area contributed by atoms with Crippen molar-refractivity contribution in [2.75, 3.05) is 5.75 Å². The maximum absolute atomic E-state index is 11.5. The van der Waals surface area contributed by atoms with Crippen LogP contribution < -0.4 is 0 Å². The molecule has 0 saturated carbocycles. The molecule has 1 amide bonds. The van der Waals surface area contributed by atoms with Crippen LogP contribution in [0.4, 0.5) is 4.79 Å². The van der Waals surface area contributed by atoms with Crippen LogP contribution >= 0.6 is 11.9 Å². The molecule has 1 aromatic rings.